The molecule has 192 valence electrons. The average Bonchev–Trinajstić information content (AvgIpc) is 3.14. The van der Waals surface area contributed by atoms with Gasteiger partial charge in [0.2, 0.25) is 17.8 Å². The molecule has 0 amide bonds. The van der Waals surface area contributed by atoms with E-state index < -0.39 is 0 Å². The van der Waals surface area contributed by atoms with Crippen LogP contribution in [-0.4, -0.2) is 73.0 Å². The molecular weight excluding hydrogens is 466 g/mol. The van der Waals surface area contributed by atoms with Gasteiger partial charge in [-0.15, -0.1) is 0 Å². The SMILES string of the molecule is COCOc1ccc(Nc2nc(NC3CCN(C)CC3)nc(N(C)C3CCCCCC3)n2)cc1Cl. The van der Waals surface area contributed by atoms with Crippen LogP contribution in [0.4, 0.5) is 23.5 Å². The molecule has 2 aromatic rings. The summed E-state index contributed by atoms with van der Waals surface area (Å²) < 4.78 is 10.5. The summed E-state index contributed by atoms with van der Waals surface area (Å²) in [7, 11) is 5.84. The van der Waals surface area contributed by atoms with Gasteiger partial charge in [-0.2, -0.15) is 15.0 Å². The lowest BCUT2D eigenvalue weighted by Gasteiger charge is -2.30. The second-order valence-corrected chi connectivity index (χ2v) is 9.99. The van der Waals surface area contributed by atoms with Crippen LogP contribution in [0.2, 0.25) is 5.02 Å². The lowest BCUT2D eigenvalue weighted by Crippen LogP contribution is -2.37. The number of benzene rings is 1. The van der Waals surface area contributed by atoms with Crippen LogP contribution in [0, 0.1) is 0 Å². The van der Waals surface area contributed by atoms with E-state index in [0.29, 0.717) is 40.7 Å². The van der Waals surface area contributed by atoms with Crippen molar-refractivity contribution < 1.29 is 9.47 Å². The summed E-state index contributed by atoms with van der Waals surface area (Å²) in [6.07, 6.45) is 9.59. The van der Waals surface area contributed by atoms with Gasteiger partial charge in [-0.25, -0.2) is 0 Å². The Bertz CT molecular complexity index is 947. The van der Waals surface area contributed by atoms with Crippen molar-refractivity contribution in [3.63, 3.8) is 0 Å². The van der Waals surface area contributed by atoms with E-state index >= 15 is 0 Å². The van der Waals surface area contributed by atoms with E-state index in [1.54, 1.807) is 19.2 Å². The number of piperidine rings is 1. The topological polar surface area (TPSA) is 87.7 Å². The third-order valence-corrected chi connectivity index (χ3v) is 7.18. The summed E-state index contributed by atoms with van der Waals surface area (Å²) in [5.41, 5.74) is 0.777. The quantitative estimate of drug-likeness (QED) is 0.365. The third-order valence-electron chi connectivity index (χ3n) is 6.88. The number of halogens is 1. The maximum absolute atomic E-state index is 6.40. The highest BCUT2D eigenvalue weighted by molar-refractivity contribution is 6.32. The van der Waals surface area contributed by atoms with Crippen molar-refractivity contribution in [2.45, 2.75) is 63.5 Å². The molecule has 1 aromatic heterocycles. The van der Waals surface area contributed by atoms with Crippen LogP contribution in [-0.2, 0) is 4.74 Å². The summed E-state index contributed by atoms with van der Waals surface area (Å²) in [6.45, 7) is 2.28. The maximum Gasteiger partial charge on any atom is 0.233 e. The summed E-state index contributed by atoms with van der Waals surface area (Å²) >= 11 is 6.40. The lowest BCUT2D eigenvalue weighted by molar-refractivity contribution is 0.0512. The lowest BCUT2D eigenvalue weighted by atomic mass is 10.1. The molecule has 10 heteroatoms. The molecule has 1 aromatic carbocycles. The zero-order valence-electron chi connectivity index (χ0n) is 21.1. The maximum atomic E-state index is 6.40. The Morgan fingerprint density at radius 1 is 1.03 bits per heavy atom. The van der Waals surface area contributed by atoms with Crippen LogP contribution in [0.3, 0.4) is 0 Å². The zero-order chi connectivity index (χ0) is 24.6. The monoisotopic (exact) mass is 503 g/mol. The van der Waals surface area contributed by atoms with Gasteiger partial charge in [0.05, 0.1) is 5.02 Å². The summed E-state index contributed by atoms with van der Waals surface area (Å²) in [5, 5.41) is 7.37. The number of nitrogens with zero attached hydrogens (tertiary/aromatic N) is 5. The van der Waals surface area contributed by atoms with Gasteiger partial charge in [-0.3, -0.25) is 0 Å². The number of aromatic nitrogens is 3. The van der Waals surface area contributed by atoms with Crippen molar-refractivity contribution >= 4 is 35.1 Å². The molecule has 2 heterocycles. The van der Waals surface area contributed by atoms with Crippen molar-refractivity contribution in [1.29, 1.82) is 0 Å². The molecule has 1 saturated carbocycles. The molecule has 1 saturated heterocycles. The Balaban J connectivity index is 1.56. The number of methoxy groups -OCH3 is 1. The van der Waals surface area contributed by atoms with Crippen molar-refractivity contribution in [2.75, 3.05) is 56.6 Å². The first-order valence-corrected chi connectivity index (χ1v) is 13.0. The molecule has 0 spiro atoms. The van der Waals surface area contributed by atoms with Gasteiger partial charge in [0, 0.05) is 31.9 Å². The molecule has 0 radical (unpaired) electrons. The van der Waals surface area contributed by atoms with Gasteiger partial charge in [-0.05, 0) is 64.0 Å². The number of nitrogens with one attached hydrogen (secondary N) is 2. The van der Waals surface area contributed by atoms with Crippen molar-refractivity contribution in [1.82, 2.24) is 19.9 Å². The van der Waals surface area contributed by atoms with E-state index in [0.717, 1.165) is 31.6 Å². The molecule has 2 aliphatic rings. The van der Waals surface area contributed by atoms with Gasteiger partial charge >= 0.3 is 0 Å². The van der Waals surface area contributed by atoms with Crippen molar-refractivity contribution in [3.8, 4) is 5.75 Å². The molecule has 2 fully saturated rings. The molecule has 2 N–H and O–H groups in total. The van der Waals surface area contributed by atoms with Gasteiger partial charge in [0.15, 0.2) is 6.79 Å². The van der Waals surface area contributed by atoms with Crippen LogP contribution in [0.1, 0.15) is 51.4 Å². The van der Waals surface area contributed by atoms with Crippen LogP contribution < -0.4 is 20.3 Å². The van der Waals surface area contributed by atoms with Gasteiger partial charge in [0.1, 0.15) is 5.75 Å². The molecule has 9 nitrogen and oxygen atoms in total. The van der Waals surface area contributed by atoms with Crippen LogP contribution in [0.25, 0.3) is 0 Å². The van der Waals surface area contributed by atoms with E-state index in [-0.39, 0.29) is 6.79 Å². The smallest absolute Gasteiger partial charge is 0.233 e. The van der Waals surface area contributed by atoms with Gasteiger partial charge in [0.25, 0.3) is 0 Å². The number of ether oxygens (including phenoxy) is 2. The number of rotatable bonds is 9. The first-order valence-electron chi connectivity index (χ1n) is 12.6. The van der Waals surface area contributed by atoms with Crippen LogP contribution in [0.5, 0.6) is 5.75 Å². The van der Waals surface area contributed by atoms with E-state index in [2.05, 4.69) is 34.5 Å². The minimum Gasteiger partial charge on any atom is -0.466 e. The second-order valence-electron chi connectivity index (χ2n) is 9.58. The highest BCUT2D eigenvalue weighted by Gasteiger charge is 2.22. The third kappa shape index (κ3) is 7.32. The largest absolute Gasteiger partial charge is 0.466 e. The standard InChI is InChI=1S/C25H38ClN7O2/c1-32-14-12-18(13-15-32)27-23-29-24(28-19-10-11-22(21(26)16-19)35-17-34-3)31-25(30-23)33(2)20-8-6-4-5-7-9-20/h10-11,16,18,20H,4-9,12-15,17H2,1-3H3,(H2,27,28,29,30,31). The summed E-state index contributed by atoms with van der Waals surface area (Å²) in [4.78, 5) is 18.9. The first kappa shape index (κ1) is 25.7. The van der Waals surface area contributed by atoms with E-state index in [1.807, 2.05) is 6.07 Å². The Morgan fingerprint density at radius 3 is 2.43 bits per heavy atom. The fourth-order valence-corrected chi connectivity index (χ4v) is 4.97. The summed E-state index contributed by atoms with van der Waals surface area (Å²) in [5.74, 6) is 2.36. The minimum absolute atomic E-state index is 0.142. The second kappa shape index (κ2) is 12.6. The Labute approximate surface area is 213 Å². The molecular formula is C25H38ClN7O2. The molecule has 1 aliphatic carbocycles. The van der Waals surface area contributed by atoms with Crippen LogP contribution >= 0.6 is 11.6 Å². The first-order chi connectivity index (χ1) is 17.0. The van der Waals surface area contributed by atoms with Crippen molar-refractivity contribution in [2.24, 2.45) is 0 Å². The number of likely N-dealkylation sites (tertiary alicyclic amines) is 1. The van der Waals surface area contributed by atoms with Crippen LogP contribution in [0.15, 0.2) is 18.2 Å². The van der Waals surface area contributed by atoms with Gasteiger partial charge < -0.3 is 29.9 Å². The van der Waals surface area contributed by atoms with E-state index in [4.69, 9.17) is 36.0 Å². The molecule has 4 rings (SSSR count). The normalized spacial score (nSPS) is 18.2. The molecule has 0 unspecified atom stereocenters. The molecule has 35 heavy (non-hydrogen) atoms. The highest BCUT2D eigenvalue weighted by atomic mass is 35.5. The zero-order valence-corrected chi connectivity index (χ0v) is 21.9. The number of hydrogen-bond acceptors (Lipinski definition) is 9. The summed E-state index contributed by atoms with van der Waals surface area (Å²) in [6, 6.07) is 6.29. The highest BCUT2D eigenvalue weighted by Crippen LogP contribution is 2.30. The van der Waals surface area contributed by atoms with Gasteiger partial charge in [-0.1, -0.05) is 37.3 Å². The molecule has 0 bridgehead atoms. The minimum atomic E-state index is 0.142. The predicted octanol–water partition coefficient (Wildman–Crippen LogP) is 4.92. The fourth-order valence-electron chi connectivity index (χ4n) is 4.73. The van der Waals surface area contributed by atoms with E-state index in [9.17, 15) is 0 Å². The number of hydrogen-bond donors (Lipinski definition) is 2. The number of anilines is 4. The Morgan fingerprint density at radius 2 is 1.74 bits per heavy atom. The van der Waals surface area contributed by atoms with Crippen molar-refractivity contribution in [3.05, 3.63) is 23.2 Å². The molecule has 0 atom stereocenters. The Hall–Kier alpha value is -2.36. The van der Waals surface area contributed by atoms with E-state index in [1.165, 1.54) is 38.5 Å². The Kier molecular flexibility index (Phi) is 9.23. The fraction of sp³-hybridized carbons (Fsp3) is 0.640. The average molecular weight is 504 g/mol. The predicted molar refractivity (Wildman–Crippen MR) is 141 cm³/mol. The molecule has 1 aliphatic heterocycles.